The molecule has 0 aliphatic carbocycles. The van der Waals surface area contributed by atoms with Crippen molar-refractivity contribution in [2.45, 2.75) is 66.9 Å². The van der Waals surface area contributed by atoms with Crippen molar-refractivity contribution >= 4 is 0 Å². The molecule has 8 heteroatoms. The van der Waals surface area contributed by atoms with Gasteiger partial charge in [0.2, 0.25) is 0 Å². The van der Waals surface area contributed by atoms with Gasteiger partial charge in [-0.2, -0.15) is 0 Å². The van der Waals surface area contributed by atoms with E-state index in [1.807, 2.05) is 140 Å². The van der Waals surface area contributed by atoms with Crippen LogP contribution in [0, 0.1) is 45.8 Å². The van der Waals surface area contributed by atoms with Gasteiger partial charge in [-0.15, -0.1) is 108 Å². The van der Waals surface area contributed by atoms with Gasteiger partial charge >= 0.3 is 0 Å². The molecule has 2 radical (unpaired) electrons. The van der Waals surface area contributed by atoms with Gasteiger partial charge < -0.3 is 25.2 Å². The van der Waals surface area contributed by atoms with Gasteiger partial charge in [0.25, 0.3) is 0 Å². The zero-order valence-electron chi connectivity index (χ0n) is 57.1. The standard InChI is InChI=1S/C20H19N.C20H18N.2C13H12N.2CH4O.2Ir/c2*1-15(2)17-9-6-10-18(13-17)19-11-12-21-20(14-19)16-7-4-3-5-8-16;2*1-10-8-13(14-9-11(10)2)12-6-4-3-5-7-12;2*1-2;;/h3-15H,1-2H3;3-7,9-15H,1-2H3;2*3-6,8-9H,1-2H3;2*2H,1H3;;/q;3*-1;;;;/i2*1D3,15D;2*2D3;;;;. The van der Waals surface area contributed by atoms with E-state index < -0.39 is 39.2 Å². The van der Waals surface area contributed by atoms with Crippen LogP contribution in [0.5, 0.6) is 0 Å². The number of hydrogen-bond acceptors (Lipinski definition) is 6. The van der Waals surface area contributed by atoms with Crippen LogP contribution in [-0.2, 0) is 40.2 Å². The van der Waals surface area contributed by atoms with Crippen LogP contribution >= 0.6 is 0 Å². The van der Waals surface area contributed by atoms with Crippen molar-refractivity contribution < 1.29 is 69.6 Å². The second-order valence-corrected chi connectivity index (χ2v) is 16.2. The summed E-state index contributed by atoms with van der Waals surface area (Å²) in [6, 6.07) is 67.4. The SMILES string of the molecule is CO.CO.[2H]C([2H])([2H])C([2H])(C)c1cccc(-c2ccnc(-c3[c-]cccc3)c2)c1.[2H]C([2H])([2H])C([2H])(C)c1cccc(-c2ccnc(-c3ccccc3)c2)c1.[2H]C([2H])([2H])c1cnc(-c2[c-]cccc2)cc1C.[2H]C([2H])([2H])c1cnc(-c2[c-]cccc2)cc1C.[Ir].[Ir]. The molecule has 2 N–H and O–H groups in total. The molecule has 76 heavy (non-hydrogen) atoms. The Hall–Kier alpha value is -6.86. The summed E-state index contributed by atoms with van der Waals surface area (Å²) in [5, 5.41) is 14.0. The Labute approximate surface area is 499 Å². The fourth-order valence-electron chi connectivity index (χ4n) is 7.06. The normalized spacial score (nSPS) is 14.8. The Kier molecular flexibility index (Phi) is 19.8. The summed E-state index contributed by atoms with van der Waals surface area (Å²) in [5.41, 5.74) is 13.4. The molecular formula is C68H69Ir2N4O2-3. The van der Waals surface area contributed by atoms with E-state index in [4.69, 9.17) is 29.4 Å². The summed E-state index contributed by atoms with van der Waals surface area (Å²) >= 11 is 0. The Morgan fingerprint density at radius 2 is 0.763 bits per heavy atom. The van der Waals surface area contributed by atoms with Crippen LogP contribution in [0.15, 0.2) is 213 Å². The molecule has 4 aromatic heterocycles. The molecule has 4 heterocycles. The third kappa shape index (κ3) is 19.4. The fourth-order valence-corrected chi connectivity index (χ4v) is 7.06. The van der Waals surface area contributed by atoms with E-state index in [-0.39, 0.29) is 40.2 Å². The third-order valence-corrected chi connectivity index (χ3v) is 11.0. The van der Waals surface area contributed by atoms with Crippen molar-refractivity contribution in [3.8, 4) is 67.3 Å². The molecule has 0 fully saturated rings. The van der Waals surface area contributed by atoms with Crippen LogP contribution in [0.1, 0.15) is 91.9 Å². The zero-order chi connectivity index (χ0) is 65.1. The summed E-state index contributed by atoms with van der Waals surface area (Å²) in [4.78, 5) is 17.2. The smallest absolute Gasteiger partial charge is 0.0708 e. The van der Waals surface area contributed by atoms with Crippen molar-refractivity contribution in [2.75, 3.05) is 14.2 Å². The monoisotopic (exact) mass is 1370 g/mol. The zero-order valence-corrected chi connectivity index (χ0v) is 47.8. The fraction of sp³-hybridized carbons (Fsp3) is 0.176. The first-order valence-corrected chi connectivity index (χ1v) is 23.5. The van der Waals surface area contributed by atoms with Crippen LogP contribution in [0.4, 0.5) is 0 Å². The first kappa shape index (κ1) is 44.3. The minimum atomic E-state index is -2.39. The Morgan fingerprint density at radius 1 is 0.395 bits per heavy atom. The maximum absolute atomic E-state index is 8.28. The molecule has 0 saturated heterocycles. The number of benzene rings is 6. The molecule has 0 amide bonds. The van der Waals surface area contributed by atoms with Crippen LogP contribution < -0.4 is 0 Å². The van der Waals surface area contributed by atoms with Gasteiger partial charge in [0, 0.05) is 104 Å². The van der Waals surface area contributed by atoms with Crippen molar-refractivity contribution in [1.29, 1.82) is 0 Å². The minimum absolute atomic E-state index is 0. The second-order valence-electron chi connectivity index (χ2n) is 16.2. The summed E-state index contributed by atoms with van der Waals surface area (Å²) < 4.78 is 107. The number of aromatic nitrogens is 4. The predicted octanol–water partition coefficient (Wildman–Crippen LogP) is 16.4. The van der Waals surface area contributed by atoms with Crippen molar-refractivity contribution in [3.63, 3.8) is 0 Å². The van der Waals surface area contributed by atoms with Crippen LogP contribution in [0.3, 0.4) is 0 Å². The summed E-state index contributed by atoms with van der Waals surface area (Å²) in [5.74, 6) is -3.32. The number of pyridine rings is 4. The van der Waals surface area contributed by atoms with Crippen molar-refractivity contribution in [3.05, 3.63) is 264 Å². The molecular weight excluding hydrogens is 1290 g/mol. The molecule has 10 aromatic rings. The van der Waals surface area contributed by atoms with E-state index in [0.29, 0.717) is 22.3 Å². The van der Waals surface area contributed by atoms with Crippen LogP contribution in [0.2, 0.25) is 0 Å². The second kappa shape index (κ2) is 33.9. The molecule has 2 atom stereocenters. The average molecular weight is 1370 g/mol. The van der Waals surface area contributed by atoms with Gasteiger partial charge in [0.05, 0.1) is 5.69 Å². The number of aryl methyl sites for hydroxylation is 4. The van der Waals surface area contributed by atoms with E-state index in [1.165, 1.54) is 26.2 Å². The maximum atomic E-state index is 8.28. The number of aliphatic hydroxyl groups excluding tert-OH is 2. The predicted molar refractivity (Wildman–Crippen MR) is 309 cm³/mol. The number of rotatable bonds is 8. The van der Waals surface area contributed by atoms with E-state index in [0.717, 1.165) is 92.6 Å². The van der Waals surface area contributed by atoms with E-state index in [2.05, 4.69) is 38.1 Å². The Morgan fingerprint density at radius 3 is 1.14 bits per heavy atom. The number of nitrogens with zero attached hydrogens (tertiary/aromatic N) is 4. The molecule has 2 unspecified atom stereocenters. The first-order valence-electron chi connectivity index (χ1n) is 30.5. The molecule has 10 rings (SSSR count). The number of aliphatic hydroxyl groups is 2. The maximum Gasteiger partial charge on any atom is 0.0708 e. The van der Waals surface area contributed by atoms with E-state index >= 15 is 0 Å². The molecule has 394 valence electrons. The Bertz CT molecular complexity index is 3530. The number of hydrogen-bond donors (Lipinski definition) is 2. The van der Waals surface area contributed by atoms with Gasteiger partial charge in [-0.3, -0.25) is 4.98 Å². The Balaban J connectivity index is 0.000000310. The molecule has 0 bridgehead atoms. The third-order valence-electron chi connectivity index (χ3n) is 11.0. The molecule has 0 aliphatic rings. The van der Waals surface area contributed by atoms with Crippen molar-refractivity contribution in [1.82, 2.24) is 19.9 Å². The topological polar surface area (TPSA) is 92.0 Å². The van der Waals surface area contributed by atoms with Crippen LogP contribution in [-0.4, -0.2) is 44.4 Å². The first-order chi connectivity index (χ1) is 41.5. The molecule has 0 aliphatic heterocycles. The molecule has 6 nitrogen and oxygen atoms in total. The average Bonchev–Trinajstić information content (AvgIpc) is 2.51. The summed E-state index contributed by atoms with van der Waals surface area (Å²) in [7, 11) is 2.00. The molecule has 0 saturated carbocycles. The van der Waals surface area contributed by atoms with Gasteiger partial charge in [-0.1, -0.05) is 136 Å². The van der Waals surface area contributed by atoms with Gasteiger partial charge in [0.15, 0.2) is 0 Å². The summed E-state index contributed by atoms with van der Waals surface area (Å²) in [6.45, 7) is -2.55. The van der Waals surface area contributed by atoms with E-state index in [1.54, 1.807) is 74.8 Å². The van der Waals surface area contributed by atoms with Gasteiger partial charge in [0.1, 0.15) is 0 Å². The molecule has 0 spiro atoms. The minimum Gasteiger partial charge on any atom is -0.400 e. The van der Waals surface area contributed by atoms with Gasteiger partial charge in [-0.05, 0) is 119 Å². The summed E-state index contributed by atoms with van der Waals surface area (Å²) in [6.07, 6.45) is 6.33. The van der Waals surface area contributed by atoms with E-state index in [9.17, 15) is 0 Å². The van der Waals surface area contributed by atoms with Crippen LogP contribution in [0.25, 0.3) is 67.3 Å². The van der Waals surface area contributed by atoms with Crippen molar-refractivity contribution in [2.24, 2.45) is 0 Å². The largest absolute Gasteiger partial charge is 0.400 e. The molecule has 6 aromatic carbocycles. The quantitative estimate of drug-likeness (QED) is 0.147. The van der Waals surface area contributed by atoms with Gasteiger partial charge in [-0.25, -0.2) is 0 Å².